The van der Waals surface area contributed by atoms with Crippen LogP contribution in [-0.2, 0) is 24.0 Å². The van der Waals surface area contributed by atoms with Gasteiger partial charge in [-0.3, -0.25) is 19.2 Å². The zero-order valence-corrected chi connectivity index (χ0v) is 18.8. The molecule has 0 radical (unpaired) electrons. The second kappa shape index (κ2) is 13.8. The number of carboxylic acid groups (broad SMARTS) is 2. The molecule has 31 heavy (non-hydrogen) atoms. The molecule has 12 nitrogen and oxygen atoms in total. The van der Waals surface area contributed by atoms with Crippen molar-refractivity contribution in [3.05, 3.63) is 0 Å². The maximum atomic E-state index is 12.7. The second-order valence-electron chi connectivity index (χ2n) is 7.34. The highest BCUT2D eigenvalue weighted by Gasteiger charge is 2.33. The third-order valence-electron chi connectivity index (χ3n) is 4.32. The summed E-state index contributed by atoms with van der Waals surface area (Å²) in [5.41, 5.74) is 5.80. The Bertz CT molecular complexity index is 658. The molecule has 13 heteroatoms. The van der Waals surface area contributed by atoms with Gasteiger partial charge in [0, 0.05) is 0 Å². The van der Waals surface area contributed by atoms with Crippen molar-refractivity contribution in [3.8, 4) is 0 Å². The topological polar surface area (TPSA) is 208 Å². The number of carbonyl (C=O) groups is 5. The van der Waals surface area contributed by atoms with Crippen LogP contribution in [-0.4, -0.2) is 87.3 Å². The van der Waals surface area contributed by atoms with E-state index in [9.17, 15) is 29.1 Å². The number of thioether (sulfide) groups is 1. The molecule has 0 aromatic rings. The Kier molecular flexibility index (Phi) is 12.8. The molecule has 0 heterocycles. The van der Waals surface area contributed by atoms with E-state index in [4.69, 9.17) is 15.9 Å². The first-order chi connectivity index (χ1) is 14.3. The summed E-state index contributed by atoms with van der Waals surface area (Å²) in [7, 11) is 0. The average molecular weight is 465 g/mol. The number of carboxylic acids is 2. The molecule has 0 aliphatic heterocycles. The highest BCUT2D eigenvalue weighted by Crippen LogP contribution is 2.06. The number of nitrogens with two attached hydrogens (primary N) is 1. The zero-order chi connectivity index (χ0) is 24.3. The fraction of sp³-hybridized carbons (Fsp3) is 0.722. The van der Waals surface area contributed by atoms with E-state index in [0.717, 1.165) is 0 Å². The van der Waals surface area contributed by atoms with E-state index >= 15 is 0 Å². The third-order valence-corrected chi connectivity index (χ3v) is 4.96. The van der Waals surface area contributed by atoms with Crippen LogP contribution in [0, 0.1) is 5.92 Å². The molecule has 0 bridgehead atoms. The number of hydrogen-bond donors (Lipinski definition) is 7. The van der Waals surface area contributed by atoms with Crippen molar-refractivity contribution in [1.82, 2.24) is 16.0 Å². The Morgan fingerprint density at radius 3 is 1.87 bits per heavy atom. The van der Waals surface area contributed by atoms with E-state index in [1.54, 1.807) is 20.1 Å². The van der Waals surface area contributed by atoms with Gasteiger partial charge in [0.15, 0.2) is 0 Å². The van der Waals surface area contributed by atoms with Crippen LogP contribution in [0.3, 0.4) is 0 Å². The van der Waals surface area contributed by atoms with Crippen LogP contribution in [0.5, 0.6) is 0 Å². The van der Waals surface area contributed by atoms with Crippen LogP contribution in [0.15, 0.2) is 0 Å². The van der Waals surface area contributed by atoms with Gasteiger partial charge in [0.25, 0.3) is 0 Å². The lowest BCUT2D eigenvalue weighted by molar-refractivity contribution is -0.148. The first kappa shape index (κ1) is 28.6. The number of carbonyl (C=O) groups excluding carboxylic acids is 3. The number of amides is 3. The van der Waals surface area contributed by atoms with Gasteiger partial charge in [0.1, 0.15) is 18.1 Å². The molecule has 5 atom stereocenters. The van der Waals surface area contributed by atoms with E-state index in [2.05, 4.69) is 10.6 Å². The highest BCUT2D eigenvalue weighted by atomic mass is 32.2. The average Bonchev–Trinajstić information content (AvgIpc) is 2.66. The molecular formula is C18H32N4O8S. The normalized spacial score (nSPS) is 15.8. The molecule has 3 amide bonds. The van der Waals surface area contributed by atoms with E-state index in [-0.39, 0.29) is 12.3 Å². The van der Waals surface area contributed by atoms with Gasteiger partial charge >= 0.3 is 11.9 Å². The van der Waals surface area contributed by atoms with Crippen molar-refractivity contribution >= 4 is 41.4 Å². The smallest absolute Gasteiger partial charge is 0.326 e. The number of aliphatic hydroxyl groups excluding tert-OH is 1. The van der Waals surface area contributed by atoms with Crippen molar-refractivity contribution in [2.45, 2.75) is 63.9 Å². The summed E-state index contributed by atoms with van der Waals surface area (Å²) < 4.78 is 0. The van der Waals surface area contributed by atoms with Gasteiger partial charge in [0.2, 0.25) is 17.7 Å². The maximum Gasteiger partial charge on any atom is 0.326 e. The molecular weight excluding hydrogens is 432 g/mol. The molecule has 0 aromatic carbocycles. The van der Waals surface area contributed by atoms with Crippen LogP contribution in [0.2, 0.25) is 0 Å². The van der Waals surface area contributed by atoms with Crippen LogP contribution in [0.4, 0.5) is 0 Å². The van der Waals surface area contributed by atoms with Crippen LogP contribution in [0.25, 0.3) is 0 Å². The molecule has 8 N–H and O–H groups in total. The molecule has 0 aliphatic carbocycles. The van der Waals surface area contributed by atoms with Gasteiger partial charge in [-0.1, -0.05) is 13.8 Å². The minimum absolute atomic E-state index is 0.178. The Hall–Kier alpha value is -2.38. The summed E-state index contributed by atoms with van der Waals surface area (Å²) in [4.78, 5) is 59.4. The van der Waals surface area contributed by atoms with Gasteiger partial charge in [0.05, 0.1) is 18.6 Å². The van der Waals surface area contributed by atoms with Crippen molar-refractivity contribution in [1.29, 1.82) is 0 Å². The van der Waals surface area contributed by atoms with Gasteiger partial charge in [-0.05, 0) is 31.3 Å². The summed E-state index contributed by atoms with van der Waals surface area (Å²) in [6.07, 6.45) is -0.301. The molecule has 178 valence electrons. The Labute approximate surface area is 184 Å². The largest absolute Gasteiger partial charge is 0.481 e. The molecule has 0 fully saturated rings. The fourth-order valence-corrected chi connectivity index (χ4v) is 2.84. The van der Waals surface area contributed by atoms with E-state index in [1.807, 2.05) is 5.32 Å². The number of hydrogen-bond acceptors (Lipinski definition) is 8. The Morgan fingerprint density at radius 1 is 0.903 bits per heavy atom. The minimum Gasteiger partial charge on any atom is -0.481 e. The monoisotopic (exact) mass is 464 g/mol. The maximum absolute atomic E-state index is 12.7. The Balaban J connectivity index is 5.40. The van der Waals surface area contributed by atoms with E-state index < -0.39 is 66.4 Å². The summed E-state index contributed by atoms with van der Waals surface area (Å²) in [6, 6.07) is -5.23. The fourth-order valence-electron chi connectivity index (χ4n) is 2.37. The van der Waals surface area contributed by atoms with Crippen LogP contribution in [0.1, 0.15) is 33.6 Å². The number of aliphatic carboxylic acids is 2. The van der Waals surface area contributed by atoms with Crippen molar-refractivity contribution in [3.63, 3.8) is 0 Å². The quantitative estimate of drug-likeness (QED) is 0.152. The molecule has 0 spiro atoms. The first-order valence-corrected chi connectivity index (χ1v) is 11.0. The zero-order valence-electron chi connectivity index (χ0n) is 18.0. The highest BCUT2D eigenvalue weighted by molar-refractivity contribution is 7.98. The number of nitrogens with one attached hydrogen (secondary N) is 3. The summed E-state index contributed by atoms with van der Waals surface area (Å²) in [5.74, 6) is -5.12. The first-order valence-electron chi connectivity index (χ1n) is 9.60. The van der Waals surface area contributed by atoms with Crippen molar-refractivity contribution in [2.24, 2.45) is 11.7 Å². The van der Waals surface area contributed by atoms with Crippen LogP contribution >= 0.6 is 11.8 Å². The third kappa shape index (κ3) is 10.5. The number of rotatable bonds is 14. The van der Waals surface area contributed by atoms with E-state index in [1.165, 1.54) is 18.7 Å². The second-order valence-corrected chi connectivity index (χ2v) is 8.32. The lowest BCUT2D eigenvalue weighted by Gasteiger charge is -2.26. The molecule has 0 rings (SSSR count). The molecule has 0 saturated heterocycles. The molecule has 0 aromatic heterocycles. The van der Waals surface area contributed by atoms with Crippen molar-refractivity contribution in [2.75, 3.05) is 12.0 Å². The lowest BCUT2D eigenvalue weighted by atomic mass is 10.0. The SMILES string of the molecule is CSCCC(NC(=O)C(N)C(C)C)C(=O)NC(C(=O)NC(CC(=O)O)C(=O)O)C(C)O. The molecule has 5 unspecified atom stereocenters. The number of aliphatic hydroxyl groups is 1. The van der Waals surface area contributed by atoms with Gasteiger partial charge in [-0.2, -0.15) is 11.8 Å². The summed E-state index contributed by atoms with van der Waals surface area (Å²) in [6.45, 7) is 4.68. The van der Waals surface area contributed by atoms with Crippen LogP contribution < -0.4 is 21.7 Å². The predicted molar refractivity (Wildman–Crippen MR) is 113 cm³/mol. The van der Waals surface area contributed by atoms with E-state index in [0.29, 0.717) is 5.75 Å². The standard InChI is InChI=1S/C18H32N4O8S/c1-8(2)13(19)16(27)20-10(5-6-31-4)15(26)22-14(9(3)23)17(28)21-11(18(29)30)7-12(24)25/h8-11,13-14,23H,5-7,19H2,1-4H3,(H,20,27)(H,21,28)(H,22,26)(H,24,25)(H,29,30). The predicted octanol–water partition coefficient (Wildman–Crippen LogP) is -1.88. The summed E-state index contributed by atoms with van der Waals surface area (Å²) >= 11 is 1.43. The van der Waals surface area contributed by atoms with Gasteiger partial charge < -0.3 is 37.0 Å². The van der Waals surface area contributed by atoms with Crippen molar-refractivity contribution < 1.29 is 39.3 Å². The summed E-state index contributed by atoms with van der Waals surface area (Å²) in [5, 5.41) is 34.6. The van der Waals surface area contributed by atoms with Gasteiger partial charge in [-0.25, -0.2) is 4.79 Å². The lowest BCUT2D eigenvalue weighted by Crippen LogP contribution is -2.60. The Morgan fingerprint density at radius 2 is 1.45 bits per heavy atom. The molecule has 0 aliphatic rings. The molecule has 0 saturated carbocycles. The van der Waals surface area contributed by atoms with Gasteiger partial charge in [-0.15, -0.1) is 0 Å². The minimum atomic E-state index is -1.75.